The van der Waals surface area contributed by atoms with Crippen molar-refractivity contribution in [1.82, 2.24) is 9.55 Å². The van der Waals surface area contributed by atoms with E-state index in [9.17, 15) is 0 Å². The molecule has 0 aliphatic rings. The molecule has 2 rings (SSSR count). The first-order valence-corrected chi connectivity index (χ1v) is 4.90. The second-order valence-corrected chi connectivity index (χ2v) is 3.53. The van der Waals surface area contributed by atoms with Crippen LogP contribution in [-0.4, -0.2) is 9.55 Å². The van der Waals surface area contributed by atoms with Gasteiger partial charge in [-0.15, -0.1) is 0 Å². The average molecular weight is 189 g/mol. The van der Waals surface area contributed by atoms with Crippen LogP contribution in [0.3, 0.4) is 0 Å². The van der Waals surface area contributed by atoms with Gasteiger partial charge in [-0.3, -0.25) is 0 Å². The Kier molecular flexibility index (Phi) is 2.25. The van der Waals surface area contributed by atoms with E-state index in [1.807, 2.05) is 6.20 Å². The molecule has 0 fully saturated rings. The summed E-state index contributed by atoms with van der Waals surface area (Å²) in [4.78, 5) is 4.43. The third kappa shape index (κ3) is 1.30. The molecule has 0 aromatic carbocycles. The van der Waals surface area contributed by atoms with E-state index in [0.717, 1.165) is 12.2 Å². The first-order chi connectivity index (χ1) is 6.76. The van der Waals surface area contributed by atoms with E-state index >= 15 is 0 Å². The van der Waals surface area contributed by atoms with Crippen molar-refractivity contribution in [3.63, 3.8) is 0 Å². The van der Waals surface area contributed by atoms with Gasteiger partial charge in [0, 0.05) is 30.9 Å². The smallest absolute Gasteiger partial charge is 0.140 e. The fourth-order valence-electron chi connectivity index (χ4n) is 1.75. The van der Waals surface area contributed by atoms with E-state index in [2.05, 4.69) is 35.7 Å². The summed E-state index contributed by atoms with van der Waals surface area (Å²) in [5.41, 5.74) is 9.09. The van der Waals surface area contributed by atoms with Gasteiger partial charge in [-0.1, -0.05) is 0 Å². The maximum Gasteiger partial charge on any atom is 0.140 e. The highest BCUT2D eigenvalue weighted by Crippen LogP contribution is 2.20. The number of aromatic nitrogens is 2. The van der Waals surface area contributed by atoms with Gasteiger partial charge in [0.15, 0.2) is 0 Å². The van der Waals surface area contributed by atoms with Crippen molar-refractivity contribution in [3.05, 3.63) is 29.6 Å². The topological polar surface area (TPSA) is 43.8 Å². The predicted molar refractivity (Wildman–Crippen MR) is 58.0 cm³/mol. The van der Waals surface area contributed by atoms with Crippen LogP contribution in [0.4, 0.5) is 0 Å². The minimum absolute atomic E-state index is 0.578. The van der Waals surface area contributed by atoms with Gasteiger partial charge >= 0.3 is 0 Å². The first kappa shape index (κ1) is 9.21. The normalized spacial score (nSPS) is 11.1. The largest absolute Gasteiger partial charge is 0.332 e. The highest BCUT2D eigenvalue weighted by Gasteiger charge is 2.06. The molecule has 3 heteroatoms. The molecular weight excluding hydrogens is 174 g/mol. The van der Waals surface area contributed by atoms with Gasteiger partial charge in [0.05, 0.1) is 0 Å². The standard InChI is InChI=1S/C11H15N3/c1-3-14-7-9(5-12)10-4-8(2)6-13-11(10)14/h4,6-7H,3,5,12H2,1-2H3. The number of fused-ring (bicyclic) bond motifs is 1. The second kappa shape index (κ2) is 3.42. The molecule has 2 heterocycles. The summed E-state index contributed by atoms with van der Waals surface area (Å²) in [7, 11) is 0. The summed E-state index contributed by atoms with van der Waals surface area (Å²) in [6.45, 7) is 5.68. The van der Waals surface area contributed by atoms with Gasteiger partial charge in [-0.25, -0.2) is 4.98 Å². The van der Waals surface area contributed by atoms with Crippen LogP contribution in [0.15, 0.2) is 18.5 Å². The highest BCUT2D eigenvalue weighted by molar-refractivity contribution is 5.81. The Labute approximate surface area is 83.6 Å². The SMILES string of the molecule is CCn1cc(CN)c2cc(C)cnc21. The van der Waals surface area contributed by atoms with Gasteiger partial charge in [0.25, 0.3) is 0 Å². The van der Waals surface area contributed by atoms with E-state index < -0.39 is 0 Å². The maximum absolute atomic E-state index is 5.69. The van der Waals surface area contributed by atoms with Gasteiger partial charge in [-0.2, -0.15) is 0 Å². The number of nitrogens with two attached hydrogens (primary N) is 1. The number of rotatable bonds is 2. The van der Waals surface area contributed by atoms with Crippen molar-refractivity contribution in [2.24, 2.45) is 5.73 Å². The molecule has 3 nitrogen and oxygen atoms in total. The molecule has 2 N–H and O–H groups in total. The van der Waals surface area contributed by atoms with Gasteiger partial charge in [-0.05, 0) is 31.0 Å². The molecule has 0 saturated carbocycles. The Morgan fingerprint density at radius 3 is 2.93 bits per heavy atom. The number of hydrogen-bond donors (Lipinski definition) is 1. The van der Waals surface area contributed by atoms with Crippen LogP contribution in [0.1, 0.15) is 18.1 Å². The Morgan fingerprint density at radius 1 is 1.50 bits per heavy atom. The monoisotopic (exact) mass is 189 g/mol. The average Bonchev–Trinajstić information content (AvgIpc) is 2.55. The summed E-state index contributed by atoms with van der Waals surface area (Å²) in [6, 6.07) is 2.15. The Morgan fingerprint density at radius 2 is 2.29 bits per heavy atom. The molecule has 74 valence electrons. The molecule has 0 unspecified atom stereocenters. The van der Waals surface area contributed by atoms with Crippen molar-refractivity contribution in [3.8, 4) is 0 Å². The summed E-state index contributed by atoms with van der Waals surface area (Å²) >= 11 is 0. The molecule has 0 amide bonds. The summed E-state index contributed by atoms with van der Waals surface area (Å²) < 4.78 is 2.14. The van der Waals surface area contributed by atoms with E-state index in [0.29, 0.717) is 6.54 Å². The van der Waals surface area contributed by atoms with Crippen molar-refractivity contribution in [1.29, 1.82) is 0 Å². The fraction of sp³-hybridized carbons (Fsp3) is 0.364. The minimum Gasteiger partial charge on any atom is -0.332 e. The van der Waals surface area contributed by atoms with Gasteiger partial charge in [0.2, 0.25) is 0 Å². The summed E-state index contributed by atoms with van der Waals surface area (Å²) in [5, 5.41) is 1.19. The van der Waals surface area contributed by atoms with E-state index in [1.54, 1.807) is 0 Å². The van der Waals surface area contributed by atoms with Crippen LogP contribution in [0, 0.1) is 6.92 Å². The van der Waals surface area contributed by atoms with Crippen LogP contribution >= 0.6 is 0 Å². The number of pyridine rings is 1. The molecule has 2 aromatic heterocycles. The van der Waals surface area contributed by atoms with Crippen molar-refractivity contribution in [2.75, 3.05) is 0 Å². The van der Waals surface area contributed by atoms with Crippen LogP contribution < -0.4 is 5.73 Å². The predicted octanol–water partition coefficient (Wildman–Crippen LogP) is 1.82. The molecule has 2 aromatic rings. The second-order valence-electron chi connectivity index (χ2n) is 3.53. The number of aryl methyl sites for hydroxylation is 2. The minimum atomic E-state index is 0.578. The third-order valence-electron chi connectivity index (χ3n) is 2.49. The Hall–Kier alpha value is -1.35. The summed E-state index contributed by atoms with van der Waals surface area (Å²) in [5.74, 6) is 0. The first-order valence-electron chi connectivity index (χ1n) is 4.90. The zero-order valence-electron chi connectivity index (χ0n) is 8.62. The lowest BCUT2D eigenvalue weighted by molar-refractivity contribution is 0.782. The Balaban J connectivity index is 2.75. The molecule has 0 spiro atoms. The van der Waals surface area contributed by atoms with Crippen molar-refractivity contribution >= 4 is 11.0 Å². The Bertz CT molecular complexity index is 457. The molecule has 14 heavy (non-hydrogen) atoms. The molecule has 0 atom stereocenters. The lowest BCUT2D eigenvalue weighted by Gasteiger charge is -1.98. The lowest BCUT2D eigenvalue weighted by atomic mass is 10.2. The molecular formula is C11H15N3. The quantitative estimate of drug-likeness (QED) is 0.783. The van der Waals surface area contributed by atoms with Gasteiger partial charge < -0.3 is 10.3 Å². The van der Waals surface area contributed by atoms with E-state index in [-0.39, 0.29) is 0 Å². The molecule has 0 aliphatic carbocycles. The van der Waals surface area contributed by atoms with Crippen LogP contribution in [-0.2, 0) is 13.1 Å². The third-order valence-corrected chi connectivity index (χ3v) is 2.49. The number of nitrogens with zero attached hydrogens (tertiary/aromatic N) is 2. The zero-order chi connectivity index (χ0) is 10.1. The van der Waals surface area contributed by atoms with E-state index in [4.69, 9.17) is 5.73 Å². The van der Waals surface area contributed by atoms with Crippen molar-refractivity contribution < 1.29 is 0 Å². The van der Waals surface area contributed by atoms with Crippen LogP contribution in [0.2, 0.25) is 0 Å². The van der Waals surface area contributed by atoms with Crippen LogP contribution in [0.25, 0.3) is 11.0 Å². The maximum atomic E-state index is 5.69. The number of hydrogen-bond acceptors (Lipinski definition) is 2. The zero-order valence-corrected chi connectivity index (χ0v) is 8.62. The van der Waals surface area contributed by atoms with Crippen LogP contribution in [0.5, 0.6) is 0 Å². The molecule has 0 aliphatic heterocycles. The highest BCUT2D eigenvalue weighted by atomic mass is 15.0. The molecule has 0 radical (unpaired) electrons. The van der Waals surface area contributed by atoms with E-state index in [1.165, 1.54) is 16.5 Å². The fourth-order valence-corrected chi connectivity index (χ4v) is 1.75. The van der Waals surface area contributed by atoms with Crippen molar-refractivity contribution in [2.45, 2.75) is 26.9 Å². The van der Waals surface area contributed by atoms with Gasteiger partial charge in [0.1, 0.15) is 5.65 Å². The lowest BCUT2D eigenvalue weighted by Crippen LogP contribution is -1.95. The molecule has 0 bridgehead atoms. The summed E-state index contributed by atoms with van der Waals surface area (Å²) in [6.07, 6.45) is 3.99. The molecule has 0 saturated heterocycles.